The Balaban J connectivity index is 2.13. The highest BCUT2D eigenvalue weighted by Gasteiger charge is 2.35. The van der Waals surface area contributed by atoms with Crippen molar-refractivity contribution in [3.05, 3.63) is 54.0 Å². The molecule has 2 heterocycles. The number of carbonyl (C=O) groups excluding carboxylic acids is 2. The number of aryl methyl sites for hydroxylation is 1. The van der Waals surface area contributed by atoms with Crippen LogP contribution in [0.5, 0.6) is 0 Å². The largest absolute Gasteiger partial charge is 0.458 e. The van der Waals surface area contributed by atoms with Crippen molar-refractivity contribution in [1.82, 2.24) is 20.2 Å². The molecule has 1 aromatic carbocycles. The van der Waals surface area contributed by atoms with Gasteiger partial charge in [0, 0.05) is 12.2 Å². The van der Waals surface area contributed by atoms with Gasteiger partial charge in [-0.25, -0.2) is 14.6 Å². The number of hydrogen-bond acceptors (Lipinski definition) is 4. The first-order valence-corrected chi connectivity index (χ1v) is 8.58. The molecule has 7 nitrogen and oxygen atoms in total. The molecule has 0 saturated heterocycles. The van der Waals surface area contributed by atoms with E-state index in [-0.39, 0.29) is 12.6 Å². The van der Waals surface area contributed by atoms with Gasteiger partial charge in [0.2, 0.25) is 0 Å². The van der Waals surface area contributed by atoms with E-state index in [1.807, 2.05) is 28.8 Å². The lowest BCUT2D eigenvalue weighted by Gasteiger charge is -2.27. The third kappa shape index (κ3) is 3.20. The van der Waals surface area contributed by atoms with Crippen LogP contribution in [0.4, 0.5) is 4.79 Å². The lowest BCUT2D eigenvalue weighted by molar-refractivity contribution is -0.138. The van der Waals surface area contributed by atoms with Crippen LogP contribution < -0.4 is 10.6 Å². The predicted molar refractivity (Wildman–Crippen MR) is 98.3 cm³/mol. The van der Waals surface area contributed by atoms with Gasteiger partial charge in [-0.2, -0.15) is 0 Å². The smallest absolute Gasteiger partial charge is 0.338 e. The van der Waals surface area contributed by atoms with Crippen LogP contribution >= 0.6 is 0 Å². The van der Waals surface area contributed by atoms with Crippen LogP contribution in [0.25, 0.3) is 11.0 Å². The lowest BCUT2D eigenvalue weighted by atomic mass is 10.0. The van der Waals surface area contributed by atoms with Gasteiger partial charge < -0.3 is 19.9 Å². The van der Waals surface area contributed by atoms with Crippen molar-refractivity contribution in [2.75, 3.05) is 6.61 Å². The standard InChI is InChI=1S/C19H22N4O3/c1-4-10-23-14-9-7-6-8-13(14)21-17(23)16-15(18(24)26-11-5-2)12(3)20-19(25)22-16/h5-9,16H,2,4,10-11H2,1,3H3,(H2,20,22,25). The Morgan fingerprint density at radius 3 is 2.92 bits per heavy atom. The monoisotopic (exact) mass is 354 g/mol. The topological polar surface area (TPSA) is 85.2 Å². The summed E-state index contributed by atoms with van der Waals surface area (Å²) < 4.78 is 7.26. The first-order chi connectivity index (χ1) is 12.6. The molecular formula is C19H22N4O3. The molecule has 7 heteroatoms. The molecular weight excluding hydrogens is 332 g/mol. The van der Waals surface area contributed by atoms with Crippen LogP contribution in [0, 0.1) is 0 Å². The number of hydrogen-bond donors (Lipinski definition) is 2. The SMILES string of the molecule is C=CCOC(=O)C1=C(C)NC(=O)NC1c1nc2ccccc2n1CCC. The summed E-state index contributed by atoms with van der Waals surface area (Å²) in [6, 6.07) is 6.71. The van der Waals surface area contributed by atoms with Gasteiger partial charge >= 0.3 is 12.0 Å². The van der Waals surface area contributed by atoms with E-state index in [2.05, 4.69) is 24.1 Å². The summed E-state index contributed by atoms with van der Waals surface area (Å²) in [5.74, 6) is 0.114. The number of nitrogens with one attached hydrogen (secondary N) is 2. The third-order valence-electron chi connectivity index (χ3n) is 4.21. The van der Waals surface area contributed by atoms with Crippen LogP contribution in [0.2, 0.25) is 0 Å². The van der Waals surface area contributed by atoms with Crippen molar-refractivity contribution >= 4 is 23.0 Å². The number of ether oxygens (including phenoxy) is 1. The second-order valence-corrected chi connectivity index (χ2v) is 6.07. The molecule has 0 radical (unpaired) electrons. The molecule has 136 valence electrons. The Morgan fingerprint density at radius 2 is 2.19 bits per heavy atom. The van der Waals surface area contributed by atoms with Crippen molar-refractivity contribution in [1.29, 1.82) is 0 Å². The average Bonchev–Trinajstić information content (AvgIpc) is 2.98. The van der Waals surface area contributed by atoms with Gasteiger partial charge in [-0.3, -0.25) is 0 Å². The highest BCUT2D eigenvalue weighted by atomic mass is 16.5. The summed E-state index contributed by atoms with van der Waals surface area (Å²) in [7, 11) is 0. The molecule has 0 saturated carbocycles. The molecule has 1 aromatic heterocycles. The summed E-state index contributed by atoms with van der Waals surface area (Å²) in [5, 5.41) is 5.45. The molecule has 1 aliphatic rings. The van der Waals surface area contributed by atoms with E-state index in [0.29, 0.717) is 17.1 Å². The zero-order chi connectivity index (χ0) is 18.7. The fraction of sp³-hybridized carbons (Fsp3) is 0.316. The number of esters is 1. The van der Waals surface area contributed by atoms with Gasteiger partial charge in [0.1, 0.15) is 18.5 Å². The number of allylic oxidation sites excluding steroid dienone is 1. The number of carbonyl (C=O) groups is 2. The molecule has 0 aliphatic carbocycles. The summed E-state index contributed by atoms with van der Waals surface area (Å²) >= 11 is 0. The molecule has 2 amide bonds. The van der Waals surface area contributed by atoms with Crippen molar-refractivity contribution in [3.63, 3.8) is 0 Å². The quantitative estimate of drug-likeness (QED) is 0.617. The summed E-state index contributed by atoms with van der Waals surface area (Å²) in [6.45, 7) is 8.14. The number of amides is 2. The molecule has 0 fully saturated rings. The minimum atomic E-state index is -0.681. The predicted octanol–water partition coefficient (Wildman–Crippen LogP) is 2.80. The molecule has 2 N–H and O–H groups in total. The molecule has 1 aliphatic heterocycles. The summed E-state index contributed by atoms with van der Waals surface area (Å²) in [6.07, 6.45) is 2.40. The maximum Gasteiger partial charge on any atom is 0.338 e. The number of imidazole rings is 1. The molecule has 26 heavy (non-hydrogen) atoms. The molecule has 2 aromatic rings. The van der Waals surface area contributed by atoms with Gasteiger partial charge in [-0.05, 0) is 25.5 Å². The van der Waals surface area contributed by atoms with E-state index >= 15 is 0 Å². The minimum Gasteiger partial charge on any atom is -0.458 e. The van der Waals surface area contributed by atoms with Crippen LogP contribution in [-0.4, -0.2) is 28.2 Å². The van der Waals surface area contributed by atoms with Gasteiger partial charge in [0.15, 0.2) is 0 Å². The van der Waals surface area contributed by atoms with E-state index in [0.717, 1.165) is 24.0 Å². The average molecular weight is 354 g/mol. The molecule has 1 atom stereocenters. The van der Waals surface area contributed by atoms with Crippen LogP contribution in [-0.2, 0) is 16.1 Å². The van der Waals surface area contributed by atoms with Gasteiger partial charge in [-0.1, -0.05) is 31.7 Å². The summed E-state index contributed by atoms with van der Waals surface area (Å²) in [4.78, 5) is 29.3. The number of para-hydroxylation sites is 2. The third-order valence-corrected chi connectivity index (χ3v) is 4.21. The molecule has 0 bridgehead atoms. The van der Waals surface area contributed by atoms with Crippen LogP contribution in [0.3, 0.4) is 0 Å². The van der Waals surface area contributed by atoms with E-state index < -0.39 is 12.0 Å². The van der Waals surface area contributed by atoms with Crippen molar-refractivity contribution in [3.8, 4) is 0 Å². The Hall–Kier alpha value is -3.09. The van der Waals surface area contributed by atoms with E-state index in [1.54, 1.807) is 6.92 Å². The van der Waals surface area contributed by atoms with Gasteiger partial charge in [0.05, 0.1) is 16.6 Å². The number of rotatable bonds is 6. The number of aromatic nitrogens is 2. The van der Waals surface area contributed by atoms with Crippen LogP contribution in [0.1, 0.15) is 32.1 Å². The van der Waals surface area contributed by atoms with Crippen molar-refractivity contribution in [2.24, 2.45) is 0 Å². The first-order valence-electron chi connectivity index (χ1n) is 8.58. The maximum atomic E-state index is 12.6. The molecule has 0 spiro atoms. The number of nitrogens with zero attached hydrogens (tertiary/aromatic N) is 2. The first kappa shape index (κ1) is 17.7. The fourth-order valence-corrected chi connectivity index (χ4v) is 3.14. The molecule has 1 unspecified atom stereocenters. The van der Waals surface area contributed by atoms with E-state index in [1.165, 1.54) is 6.08 Å². The Bertz CT molecular complexity index is 897. The minimum absolute atomic E-state index is 0.0989. The zero-order valence-electron chi connectivity index (χ0n) is 14.9. The van der Waals surface area contributed by atoms with Gasteiger partial charge in [0.25, 0.3) is 0 Å². The highest BCUT2D eigenvalue weighted by molar-refractivity contribution is 5.95. The van der Waals surface area contributed by atoms with E-state index in [4.69, 9.17) is 9.72 Å². The van der Waals surface area contributed by atoms with Gasteiger partial charge in [-0.15, -0.1) is 0 Å². The maximum absolute atomic E-state index is 12.6. The van der Waals surface area contributed by atoms with Crippen LogP contribution in [0.15, 0.2) is 48.2 Å². The zero-order valence-corrected chi connectivity index (χ0v) is 14.9. The highest BCUT2D eigenvalue weighted by Crippen LogP contribution is 2.30. The second-order valence-electron chi connectivity index (χ2n) is 6.07. The Morgan fingerprint density at radius 1 is 1.42 bits per heavy atom. The Labute approximate surface area is 151 Å². The normalized spacial score (nSPS) is 17.0. The lowest BCUT2D eigenvalue weighted by Crippen LogP contribution is -2.46. The number of fused-ring (bicyclic) bond motifs is 1. The number of benzene rings is 1. The Kier molecular flexibility index (Phi) is 5.06. The fourth-order valence-electron chi connectivity index (χ4n) is 3.14. The summed E-state index contributed by atoms with van der Waals surface area (Å²) in [5.41, 5.74) is 2.59. The van der Waals surface area contributed by atoms with Crippen molar-refractivity contribution < 1.29 is 14.3 Å². The molecule has 3 rings (SSSR count). The van der Waals surface area contributed by atoms with Crippen molar-refractivity contribution in [2.45, 2.75) is 32.9 Å². The van der Waals surface area contributed by atoms with E-state index in [9.17, 15) is 9.59 Å². The number of urea groups is 1. The second kappa shape index (κ2) is 7.43.